The van der Waals surface area contributed by atoms with E-state index in [2.05, 4.69) is 42.6 Å². The number of ether oxygens (including phenoxy) is 1. The van der Waals surface area contributed by atoms with Crippen LogP contribution in [0.15, 0.2) is 30.3 Å². The highest BCUT2D eigenvalue weighted by molar-refractivity contribution is 5.18. The predicted molar refractivity (Wildman–Crippen MR) is 75.6 cm³/mol. The van der Waals surface area contributed by atoms with Gasteiger partial charge in [0.25, 0.3) is 0 Å². The summed E-state index contributed by atoms with van der Waals surface area (Å²) in [4.78, 5) is 0. The molecule has 0 aliphatic heterocycles. The summed E-state index contributed by atoms with van der Waals surface area (Å²) >= 11 is 0. The molecule has 1 aliphatic rings. The first-order chi connectivity index (χ1) is 8.79. The fraction of sp³-hybridized carbons (Fsp3) is 0.625. The van der Waals surface area contributed by atoms with Crippen molar-refractivity contribution in [3.8, 4) is 0 Å². The van der Waals surface area contributed by atoms with E-state index in [0.29, 0.717) is 6.10 Å². The molecule has 100 valence electrons. The molecule has 2 nitrogen and oxygen atoms in total. The molecule has 1 N–H and O–H groups in total. The third kappa shape index (κ3) is 3.82. The summed E-state index contributed by atoms with van der Waals surface area (Å²) in [5.74, 6) is 0.815. The van der Waals surface area contributed by atoms with Crippen LogP contribution in [0, 0.1) is 5.92 Å². The molecule has 1 saturated carbocycles. The van der Waals surface area contributed by atoms with Crippen LogP contribution in [0.5, 0.6) is 0 Å². The van der Waals surface area contributed by atoms with Gasteiger partial charge in [-0.05, 0) is 31.4 Å². The Balaban J connectivity index is 1.97. The predicted octanol–water partition coefficient (Wildman–Crippen LogP) is 3.54. The average Bonchev–Trinajstić information content (AvgIpc) is 2.39. The number of likely N-dealkylation sites (N-methyl/N-ethyl adjacent to an activating group) is 1. The van der Waals surface area contributed by atoms with Crippen molar-refractivity contribution in [3.63, 3.8) is 0 Å². The summed E-state index contributed by atoms with van der Waals surface area (Å²) in [7, 11) is 1.99. The summed E-state index contributed by atoms with van der Waals surface area (Å²) in [5.41, 5.74) is 1.28. The molecule has 1 aromatic rings. The van der Waals surface area contributed by atoms with E-state index in [1.54, 1.807) is 0 Å². The van der Waals surface area contributed by atoms with Crippen molar-refractivity contribution >= 4 is 0 Å². The van der Waals surface area contributed by atoms with E-state index in [-0.39, 0.29) is 6.10 Å². The van der Waals surface area contributed by atoms with Crippen molar-refractivity contribution in [3.05, 3.63) is 35.9 Å². The monoisotopic (exact) mass is 247 g/mol. The van der Waals surface area contributed by atoms with Gasteiger partial charge in [-0.25, -0.2) is 0 Å². The van der Waals surface area contributed by atoms with Gasteiger partial charge in [-0.1, -0.05) is 50.1 Å². The number of rotatable bonds is 5. The van der Waals surface area contributed by atoms with E-state index in [4.69, 9.17) is 4.74 Å². The molecular weight excluding hydrogens is 222 g/mol. The van der Waals surface area contributed by atoms with Gasteiger partial charge in [-0.15, -0.1) is 0 Å². The highest BCUT2D eigenvalue weighted by Gasteiger charge is 2.23. The van der Waals surface area contributed by atoms with Crippen LogP contribution < -0.4 is 5.32 Å². The van der Waals surface area contributed by atoms with E-state index in [0.717, 1.165) is 12.5 Å². The van der Waals surface area contributed by atoms with Crippen molar-refractivity contribution < 1.29 is 4.74 Å². The molecule has 2 heteroatoms. The number of nitrogens with one attached hydrogen (secondary N) is 1. The van der Waals surface area contributed by atoms with Crippen LogP contribution in [0.4, 0.5) is 0 Å². The molecule has 3 atom stereocenters. The van der Waals surface area contributed by atoms with Crippen molar-refractivity contribution in [2.24, 2.45) is 5.92 Å². The zero-order valence-corrected chi connectivity index (χ0v) is 11.6. The summed E-state index contributed by atoms with van der Waals surface area (Å²) in [6.45, 7) is 3.22. The van der Waals surface area contributed by atoms with Gasteiger partial charge >= 0.3 is 0 Å². The van der Waals surface area contributed by atoms with Crippen LogP contribution in [0.2, 0.25) is 0 Å². The largest absolute Gasteiger partial charge is 0.369 e. The minimum absolute atomic E-state index is 0.187. The third-order valence-corrected chi connectivity index (χ3v) is 3.81. The van der Waals surface area contributed by atoms with Gasteiger partial charge in [0.05, 0.1) is 12.2 Å². The lowest BCUT2D eigenvalue weighted by atomic mass is 9.88. The van der Waals surface area contributed by atoms with Crippen molar-refractivity contribution in [2.75, 3.05) is 13.6 Å². The van der Waals surface area contributed by atoms with Crippen LogP contribution in [0.25, 0.3) is 0 Å². The van der Waals surface area contributed by atoms with E-state index >= 15 is 0 Å². The molecule has 0 spiro atoms. The minimum atomic E-state index is 0.187. The molecule has 0 amide bonds. The number of hydrogen-bond donors (Lipinski definition) is 1. The SMILES string of the molecule is CNCC(OC1CCCC(C)C1)c1ccccc1. The molecule has 3 unspecified atom stereocenters. The molecule has 2 rings (SSSR count). The van der Waals surface area contributed by atoms with Crippen LogP contribution >= 0.6 is 0 Å². The van der Waals surface area contributed by atoms with Crippen LogP contribution in [-0.2, 0) is 4.74 Å². The maximum atomic E-state index is 6.33. The Morgan fingerprint density at radius 1 is 1.28 bits per heavy atom. The minimum Gasteiger partial charge on any atom is -0.369 e. The Kier molecular flexibility index (Phi) is 5.21. The fourth-order valence-electron chi connectivity index (χ4n) is 2.83. The summed E-state index contributed by atoms with van der Waals surface area (Å²) in [5, 5.41) is 3.24. The van der Waals surface area contributed by atoms with E-state index in [1.807, 2.05) is 7.05 Å². The number of benzene rings is 1. The lowest BCUT2D eigenvalue weighted by molar-refractivity contribution is -0.0388. The maximum absolute atomic E-state index is 6.33. The molecular formula is C16H25NO. The quantitative estimate of drug-likeness (QED) is 0.859. The molecule has 1 aliphatic carbocycles. The molecule has 1 aromatic carbocycles. The molecule has 0 saturated heterocycles. The average molecular weight is 247 g/mol. The van der Waals surface area contributed by atoms with Gasteiger partial charge in [0.1, 0.15) is 0 Å². The van der Waals surface area contributed by atoms with Crippen LogP contribution in [-0.4, -0.2) is 19.7 Å². The van der Waals surface area contributed by atoms with Crippen molar-refractivity contribution in [1.82, 2.24) is 5.32 Å². The fourth-order valence-corrected chi connectivity index (χ4v) is 2.83. The highest BCUT2D eigenvalue weighted by atomic mass is 16.5. The molecule has 0 radical (unpaired) electrons. The highest BCUT2D eigenvalue weighted by Crippen LogP contribution is 2.29. The first-order valence-corrected chi connectivity index (χ1v) is 7.14. The standard InChI is InChI=1S/C16H25NO/c1-13-7-6-10-15(11-13)18-16(12-17-2)14-8-4-3-5-9-14/h3-5,8-9,13,15-17H,6-7,10-12H2,1-2H3. The second kappa shape index (κ2) is 6.91. The molecule has 0 aromatic heterocycles. The maximum Gasteiger partial charge on any atom is 0.0952 e. The van der Waals surface area contributed by atoms with Gasteiger partial charge in [0.2, 0.25) is 0 Å². The molecule has 1 fully saturated rings. The number of hydrogen-bond acceptors (Lipinski definition) is 2. The van der Waals surface area contributed by atoms with Gasteiger partial charge in [-0.3, -0.25) is 0 Å². The zero-order chi connectivity index (χ0) is 12.8. The smallest absolute Gasteiger partial charge is 0.0952 e. The van der Waals surface area contributed by atoms with E-state index < -0.39 is 0 Å². The van der Waals surface area contributed by atoms with Gasteiger partial charge in [0, 0.05) is 6.54 Å². The van der Waals surface area contributed by atoms with Crippen molar-refractivity contribution in [1.29, 1.82) is 0 Å². The van der Waals surface area contributed by atoms with Gasteiger partial charge in [-0.2, -0.15) is 0 Å². The first kappa shape index (κ1) is 13.6. The molecule has 18 heavy (non-hydrogen) atoms. The Labute approximate surface area is 111 Å². The Morgan fingerprint density at radius 3 is 2.72 bits per heavy atom. The van der Waals surface area contributed by atoms with Crippen molar-refractivity contribution in [2.45, 2.75) is 44.8 Å². The topological polar surface area (TPSA) is 21.3 Å². The summed E-state index contributed by atoms with van der Waals surface area (Å²) in [6.07, 6.45) is 5.73. The molecule has 0 heterocycles. The summed E-state index contributed by atoms with van der Waals surface area (Å²) < 4.78 is 6.33. The lowest BCUT2D eigenvalue weighted by Gasteiger charge is -2.30. The van der Waals surface area contributed by atoms with Gasteiger partial charge < -0.3 is 10.1 Å². The second-order valence-electron chi connectivity index (χ2n) is 5.49. The van der Waals surface area contributed by atoms with Gasteiger partial charge in [0.15, 0.2) is 0 Å². The van der Waals surface area contributed by atoms with E-state index in [1.165, 1.54) is 31.2 Å². The third-order valence-electron chi connectivity index (χ3n) is 3.81. The normalized spacial score (nSPS) is 25.9. The van der Waals surface area contributed by atoms with Crippen LogP contribution in [0.1, 0.15) is 44.3 Å². The lowest BCUT2D eigenvalue weighted by Crippen LogP contribution is -2.28. The second-order valence-corrected chi connectivity index (χ2v) is 5.49. The Morgan fingerprint density at radius 2 is 2.06 bits per heavy atom. The Bertz CT molecular complexity index is 338. The summed E-state index contributed by atoms with van der Waals surface area (Å²) in [6, 6.07) is 10.6. The first-order valence-electron chi connectivity index (χ1n) is 7.14. The Hall–Kier alpha value is -0.860. The van der Waals surface area contributed by atoms with E-state index in [9.17, 15) is 0 Å². The molecule has 0 bridgehead atoms. The van der Waals surface area contributed by atoms with Crippen LogP contribution in [0.3, 0.4) is 0 Å². The zero-order valence-electron chi connectivity index (χ0n) is 11.6.